The van der Waals surface area contributed by atoms with Crippen molar-refractivity contribution in [2.24, 2.45) is 7.05 Å². The summed E-state index contributed by atoms with van der Waals surface area (Å²) < 4.78 is 19.8. The zero-order valence-electron chi connectivity index (χ0n) is 14.7. The lowest BCUT2D eigenvalue weighted by molar-refractivity contribution is -0.387. The largest absolute Gasteiger partial charge is 0.448 e. The Morgan fingerprint density at radius 3 is 2.52 bits per heavy atom. The van der Waals surface area contributed by atoms with Gasteiger partial charge in [0.2, 0.25) is 5.82 Å². The maximum absolute atomic E-state index is 13.3. The van der Waals surface area contributed by atoms with Crippen molar-refractivity contribution in [3.05, 3.63) is 57.7 Å². The van der Waals surface area contributed by atoms with Crippen molar-refractivity contribution in [1.29, 1.82) is 0 Å². The molecule has 9 nitrogen and oxygen atoms in total. The molecule has 2 aromatic rings. The van der Waals surface area contributed by atoms with E-state index in [0.29, 0.717) is 5.56 Å². The number of nitrogens with one attached hydrogen (secondary N) is 1. The SMILES string of the molecule is CC(=O)c1cc(C(=O)O[C@H](C)C(=O)Nc2ccc(F)c([N+](=O)[O-])c2)n(C)c1. The zero-order valence-corrected chi connectivity index (χ0v) is 14.7. The number of anilines is 1. The van der Waals surface area contributed by atoms with E-state index in [1.165, 1.54) is 30.7 Å². The molecule has 0 spiro atoms. The maximum Gasteiger partial charge on any atom is 0.355 e. The number of aromatic nitrogens is 1. The fraction of sp³-hybridized carbons (Fsp3) is 0.235. The minimum atomic E-state index is -1.24. The van der Waals surface area contributed by atoms with Crippen molar-refractivity contribution in [2.45, 2.75) is 20.0 Å². The molecule has 2 rings (SSSR count). The van der Waals surface area contributed by atoms with E-state index in [1.807, 2.05) is 0 Å². The summed E-state index contributed by atoms with van der Waals surface area (Å²) in [6.07, 6.45) is 0.221. The first-order chi connectivity index (χ1) is 12.6. The van der Waals surface area contributed by atoms with Crippen molar-refractivity contribution in [1.82, 2.24) is 4.57 Å². The Kier molecular flexibility index (Phi) is 5.69. The molecule has 0 unspecified atom stereocenters. The molecule has 0 aliphatic rings. The highest BCUT2D eigenvalue weighted by Crippen LogP contribution is 2.22. The van der Waals surface area contributed by atoms with E-state index in [0.717, 1.165) is 18.2 Å². The van der Waals surface area contributed by atoms with Crippen LogP contribution in [-0.2, 0) is 16.6 Å². The molecule has 10 heteroatoms. The van der Waals surface area contributed by atoms with Gasteiger partial charge in [-0.2, -0.15) is 4.39 Å². The predicted octanol–water partition coefficient (Wildman–Crippen LogP) is 2.46. The number of carbonyl (C=O) groups excluding carboxylic acids is 3. The molecule has 0 fully saturated rings. The Hall–Kier alpha value is -3.56. The van der Waals surface area contributed by atoms with Gasteiger partial charge in [-0.05, 0) is 32.0 Å². The molecule has 1 N–H and O–H groups in total. The molecule has 0 radical (unpaired) electrons. The first-order valence-corrected chi connectivity index (χ1v) is 7.73. The van der Waals surface area contributed by atoms with Crippen LogP contribution in [0, 0.1) is 15.9 Å². The minimum absolute atomic E-state index is 0.0197. The Morgan fingerprint density at radius 2 is 1.96 bits per heavy atom. The van der Waals surface area contributed by atoms with E-state index in [2.05, 4.69) is 5.32 Å². The molecule has 27 heavy (non-hydrogen) atoms. The summed E-state index contributed by atoms with van der Waals surface area (Å²) in [6, 6.07) is 4.19. The third-order valence-corrected chi connectivity index (χ3v) is 3.68. The van der Waals surface area contributed by atoms with Gasteiger partial charge in [0.15, 0.2) is 11.9 Å². The van der Waals surface area contributed by atoms with Gasteiger partial charge in [0.05, 0.1) is 4.92 Å². The predicted molar refractivity (Wildman–Crippen MR) is 92.0 cm³/mol. The summed E-state index contributed by atoms with van der Waals surface area (Å²) in [5.41, 5.74) is -0.413. The van der Waals surface area contributed by atoms with E-state index in [4.69, 9.17) is 4.74 Å². The lowest BCUT2D eigenvalue weighted by atomic mass is 10.2. The van der Waals surface area contributed by atoms with Gasteiger partial charge >= 0.3 is 11.7 Å². The van der Waals surface area contributed by atoms with Gasteiger partial charge in [-0.15, -0.1) is 0 Å². The number of hydrogen-bond acceptors (Lipinski definition) is 6. The third-order valence-electron chi connectivity index (χ3n) is 3.68. The van der Waals surface area contributed by atoms with Crippen LogP contribution in [0.4, 0.5) is 15.8 Å². The smallest absolute Gasteiger partial charge is 0.355 e. The van der Waals surface area contributed by atoms with Crippen LogP contribution < -0.4 is 5.32 Å². The lowest BCUT2D eigenvalue weighted by Crippen LogP contribution is -2.30. The summed E-state index contributed by atoms with van der Waals surface area (Å²) in [7, 11) is 1.55. The molecule has 1 heterocycles. The van der Waals surface area contributed by atoms with Crippen LogP contribution in [0.1, 0.15) is 34.7 Å². The molecular weight excluding hydrogens is 361 g/mol. The highest BCUT2D eigenvalue weighted by atomic mass is 19.1. The van der Waals surface area contributed by atoms with Gasteiger partial charge in [-0.25, -0.2) is 4.79 Å². The number of ketones is 1. The molecule has 1 aromatic heterocycles. The second-order valence-electron chi connectivity index (χ2n) is 5.74. The third kappa shape index (κ3) is 4.54. The number of halogens is 1. The van der Waals surface area contributed by atoms with Crippen molar-refractivity contribution in [2.75, 3.05) is 5.32 Å². The summed E-state index contributed by atoms with van der Waals surface area (Å²) in [4.78, 5) is 45.5. The number of benzene rings is 1. The zero-order chi connectivity index (χ0) is 20.3. The van der Waals surface area contributed by atoms with Crippen molar-refractivity contribution >= 4 is 29.0 Å². The molecule has 0 bridgehead atoms. The van der Waals surface area contributed by atoms with Crippen LogP contribution in [0.2, 0.25) is 0 Å². The topological polar surface area (TPSA) is 121 Å². The Labute approximate surface area is 152 Å². The molecule has 1 atom stereocenters. The van der Waals surface area contributed by atoms with E-state index in [-0.39, 0.29) is 17.2 Å². The standard InChI is InChI=1S/C17H16FN3O6/c1-9(22)11-6-15(20(3)8-11)17(24)27-10(2)16(23)19-12-4-5-13(18)14(7-12)21(25)26/h4-8,10H,1-3H3,(H,19,23)/t10-/m1/s1. The fourth-order valence-corrected chi connectivity index (χ4v) is 2.21. The minimum Gasteiger partial charge on any atom is -0.448 e. The van der Waals surface area contributed by atoms with Gasteiger partial charge in [-0.3, -0.25) is 19.7 Å². The summed E-state index contributed by atoms with van der Waals surface area (Å²) in [5, 5.41) is 13.0. The molecule has 1 aromatic carbocycles. The number of nitrogens with zero attached hydrogens (tertiary/aromatic N) is 2. The van der Waals surface area contributed by atoms with Crippen molar-refractivity contribution in [3.8, 4) is 0 Å². The van der Waals surface area contributed by atoms with Crippen molar-refractivity contribution in [3.63, 3.8) is 0 Å². The van der Waals surface area contributed by atoms with Gasteiger partial charge in [0.25, 0.3) is 5.91 Å². The van der Waals surface area contributed by atoms with Crippen LogP contribution in [0.25, 0.3) is 0 Å². The second kappa shape index (κ2) is 7.77. The first-order valence-electron chi connectivity index (χ1n) is 7.73. The Bertz CT molecular complexity index is 937. The first kappa shape index (κ1) is 19.8. The average Bonchev–Trinajstić information content (AvgIpc) is 2.98. The van der Waals surface area contributed by atoms with Crippen molar-refractivity contribution < 1.29 is 28.4 Å². The van der Waals surface area contributed by atoms with Gasteiger partial charge in [0, 0.05) is 30.6 Å². The average molecular weight is 377 g/mol. The Balaban J connectivity index is 2.07. The highest BCUT2D eigenvalue weighted by molar-refractivity contribution is 5.99. The number of carbonyl (C=O) groups is 3. The number of hydrogen-bond donors (Lipinski definition) is 1. The number of ether oxygens (including phenoxy) is 1. The maximum atomic E-state index is 13.3. The number of rotatable bonds is 6. The molecule has 142 valence electrons. The summed E-state index contributed by atoms with van der Waals surface area (Å²) in [6.45, 7) is 2.66. The van der Waals surface area contributed by atoms with Gasteiger partial charge in [0.1, 0.15) is 5.69 Å². The quantitative estimate of drug-likeness (QED) is 0.357. The number of aryl methyl sites for hydroxylation is 1. The number of esters is 1. The van der Waals surface area contributed by atoms with Crippen LogP contribution in [0.5, 0.6) is 0 Å². The Morgan fingerprint density at radius 1 is 1.30 bits per heavy atom. The van der Waals surface area contributed by atoms with E-state index in [9.17, 15) is 28.9 Å². The number of Topliss-reactive ketones (excluding diaryl/α,β-unsaturated/α-hetero) is 1. The highest BCUT2D eigenvalue weighted by Gasteiger charge is 2.23. The normalized spacial score (nSPS) is 11.6. The van der Waals surface area contributed by atoms with Crippen LogP contribution >= 0.6 is 0 Å². The van der Waals surface area contributed by atoms with Crippen LogP contribution in [0.3, 0.4) is 0 Å². The van der Waals surface area contributed by atoms with E-state index in [1.54, 1.807) is 7.05 Å². The molecule has 0 aliphatic heterocycles. The molecule has 0 aliphatic carbocycles. The monoisotopic (exact) mass is 377 g/mol. The summed E-state index contributed by atoms with van der Waals surface area (Å²) >= 11 is 0. The second-order valence-corrected chi connectivity index (χ2v) is 5.74. The molecule has 0 saturated heterocycles. The molecule has 1 amide bonds. The number of nitro groups is 1. The molecule has 0 saturated carbocycles. The summed E-state index contributed by atoms with van der Waals surface area (Å²) in [5.74, 6) is -2.85. The number of amides is 1. The van der Waals surface area contributed by atoms with Crippen LogP contribution in [-0.4, -0.2) is 33.3 Å². The van der Waals surface area contributed by atoms with Gasteiger partial charge < -0.3 is 14.6 Å². The van der Waals surface area contributed by atoms with Crippen LogP contribution in [0.15, 0.2) is 30.5 Å². The van der Waals surface area contributed by atoms with Gasteiger partial charge in [-0.1, -0.05) is 0 Å². The van der Waals surface area contributed by atoms with E-state index >= 15 is 0 Å². The lowest BCUT2D eigenvalue weighted by Gasteiger charge is -2.13. The molecular formula is C17H16FN3O6. The van der Waals surface area contributed by atoms with E-state index < -0.39 is 34.4 Å². The number of nitro benzene ring substituents is 1. The fourth-order valence-electron chi connectivity index (χ4n) is 2.21.